The van der Waals surface area contributed by atoms with Gasteiger partial charge in [-0.15, -0.1) is 0 Å². The quantitative estimate of drug-likeness (QED) is 0.222. The van der Waals surface area contributed by atoms with E-state index in [0.29, 0.717) is 25.0 Å². The fourth-order valence-electron chi connectivity index (χ4n) is 6.53. The summed E-state index contributed by atoms with van der Waals surface area (Å²) < 4.78 is 14.4. The van der Waals surface area contributed by atoms with Crippen molar-refractivity contribution in [2.75, 3.05) is 12.4 Å². The highest BCUT2D eigenvalue weighted by atomic mass is 79.9. The summed E-state index contributed by atoms with van der Waals surface area (Å²) in [5, 5.41) is 28.3. The number of halogens is 1. The number of aryl methyl sites for hydroxylation is 1. The van der Waals surface area contributed by atoms with Crippen molar-refractivity contribution in [2.45, 2.75) is 56.8 Å². The Morgan fingerprint density at radius 3 is 2.74 bits per heavy atom. The van der Waals surface area contributed by atoms with Gasteiger partial charge in [-0.05, 0) is 89.5 Å². The van der Waals surface area contributed by atoms with Crippen molar-refractivity contribution in [3.8, 4) is 5.75 Å². The molecule has 2 aliphatic rings. The third kappa shape index (κ3) is 4.63. The molecule has 7 rings (SSSR count). The van der Waals surface area contributed by atoms with Crippen LogP contribution >= 0.6 is 15.9 Å². The maximum absolute atomic E-state index is 11.6. The Balaban J connectivity index is 1.10. The fourth-order valence-corrected chi connectivity index (χ4v) is 7.01. The monoisotopic (exact) mass is 629 g/mol. The van der Waals surface area contributed by atoms with E-state index in [9.17, 15) is 10.2 Å². The van der Waals surface area contributed by atoms with Gasteiger partial charge in [-0.25, -0.2) is 15.0 Å². The number of aliphatic hydroxyl groups is 2. The van der Waals surface area contributed by atoms with Gasteiger partial charge >= 0.3 is 0 Å². The predicted octanol–water partition coefficient (Wildman–Crippen LogP) is 5.31. The second kappa shape index (κ2) is 10.6. The van der Waals surface area contributed by atoms with Crippen LogP contribution in [0.15, 0.2) is 71.6 Å². The number of anilines is 1. The summed E-state index contributed by atoms with van der Waals surface area (Å²) in [6, 6.07) is 18.3. The first-order valence-corrected chi connectivity index (χ1v) is 14.9. The van der Waals surface area contributed by atoms with Gasteiger partial charge in [-0.1, -0.05) is 24.3 Å². The highest BCUT2D eigenvalue weighted by molar-refractivity contribution is 9.10. The number of nitrogens with one attached hydrogen (secondary N) is 1. The van der Waals surface area contributed by atoms with Crippen LogP contribution in [0, 0.1) is 12.8 Å². The Labute approximate surface area is 251 Å². The van der Waals surface area contributed by atoms with Crippen LogP contribution in [-0.4, -0.2) is 54.7 Å². The smallest absolute Gasteiger partial charge is 0.164 e. The molecule has 3 aromatic heterocycles. The zero-order valence-corrected chi connectivity index (χ0v) is 25.0. The summed E-state index contributed by atoms with van der Waals surface area (Å²) in [6.45, 7) is 2.56. The Hall–Kier alpha value is -3.57. The lowest BCUT2D eigenvalue weighted by Crippen LogP contribution is -2.45. The normalized spacial score (nSPS) is 25.3. The number of fused-ring (bicyclic) bond motifs is 3. The van der Waals surface area contributed by atoms with Crippen molar-refractivity contribution in [2.24, 2.45) is 5.92 Å². The summed E-state index contributed by atoms with van der Waals surface area (Å²) in [7, 11) is 1.66. The molecule has 5 aromatic rings. The summed E-state index contributed by atoms with van der Waals surface area (Å²) in [5.41, 5.74) is 3.37. The summed E-state index contributed by atoms with van der Waals surface area (Å²) in [4.78, 5) is 13.6. The molecular formula is C32H32BrN5O4. The number of pyridine rings is 1. The highest BCUT2D eigenvalue weighted by Gasteiger charge is 2.61. The maximum Gasteiger partial charge on any atom is 0.164 e. The van der Waals surface area contributed by atoms with Crippen molar-refractivity contribution < 1.29 is 19.7 Å². The topological polar surface area (TPSA) is 115 Å². The molecule has 1 aliphatic carbocycles. The lowest BCUT2D eigenvalue weighted by molar-refractivity contribution is -0.0675. The van der Waals surface area contributed by atoms with Crippen LogP contribution in [0.2, 0.25) is 0 Å². The van der Waals surface area contributed by atoms with Crippen molar-refractivity contribution in [1.29, 1.82) is 0 Å². The van der Waals surface area contributed by atoms with Gasteiger partial charge < -0.3 is 29.6 Å². The Morgan fingerprint density at radius 2 is 1.93 bits per heavy atom. The number of hydrogen-bond donors (Lipinski definition) is 3. The van der Waals surface area contributed by atoms with Gasteiger partial charge in [0.2, 0.25) is 0 Å². The van der Waals surface area contributed by atoms with E-state index in [4.69, 9.17) is 14.5 Å². The molecule has 3 N–H and O–H groups in total. The molecule has 0 amide bonds. The van der Waals surface area contributed by atoms with E-state index in [1.54, 1.807) is 7.11 Å². The van der Waals surface area contributed by atoms with E-state index >= 15 is 0 Å². The molecule has 1 saturated heterocycles. The fraction of sp³-hybridized carbons (Fsp3) is 0.344. The zero-order valence-electron chi connectivity index (χ0n) is 23.4. The molecule has 1 saturated carbocycles. The number of ether oxygens (including phenoxy) is 2. The van der Waals surface area contributed by atoms with E-state index in [-0.39, 0.29) is 5.92 Å². The number of nitrogens with zero attached hydrogens (tertiary/aromatic N) is 4. The largest absolute Gasteiger partial charge is 0.497 e. The lowest BCUT2D eigenvalue weighted by Gasteiger charge is -2.26. The molecule has 0 bridgehead atoms. The van der Waals surface area contributed by atoms with Gasteiger partial charge in [0.25, 0.3) is 0 Å². The second-order valence-electron chi connectivity index (χ2n) is 11.4. The van der Waals surface area contributed by atoms with Crippen LogP contribution in [0.3, 0.4) is 0 Å². The van der Waals surface area contributed by atoms with Gasteiger partial charge in [0, 0.05) is 23.5 Å². The van der Waals surface area contributed by atoms with Crippen molar-refractivity contribution in [3.63, 3.8) is 0 Å². The van der Waals surface area contributed by atoms with Crippen LogP contribution in [0.1, 0.15) is 35.9 Å². The van der Waals surface area contributed by atoms with Crippen LogP contribution < -0.4 is 10.1 Å². The van der Waals surface area contributed by atoms with E-state index in [2.05, 4.69) is 55.5 Å². The molecule has 2 aromatic carbocycles. The van der Waals surface area contributed by atoms with E-state index in [1.807, 2.05) is 48.0 Å². The molecule has 1 unspecified atom stereocenters. The molecule has 42 heavy (non-hydrogen) atoms. The van der Waals surface area contributed by atoms with E-state index in [1.165, 1.54) is 6.33 Å². The second-order valence-corrected chi connectivity index (χ2v) is 12.2. The minimum atomic E-state index is -1.31. The third-order valence-corrected chi connectivity index (χ3v) is 9.44. The van der Waals surface area contributed by atoms with Crippen molar-refractivity contribution >= 4 is 43.7 Å². The van der Waals surface area contributed by atoms with Gasteiger partial charge in [0.05, 0.1) is 28.9 Å². The molecule has 0 spiro atoms. The van der Waals surface area contributed by atoms with Gasteiger partial charge in [-0.3, -0.25) is 0 Å². The Kier molecular flexibility index (Phi) is 6.89. The standard InChI is InChI=1S/C32H32BrN5O4/c1-18-24-10-12-38(30(24)36-17-35-18)31-27(39)32(40)11-9-22(28(32)42-31)13-20-3-6-21-15-25(33)29(37-26(21)14-20)34-16-19-4-7-23(41-2)8-5-19/h3-8,10,12,14-15,17,22,27-28,31,39-40H,9,11,13,16H2,1-2H3,(H,34,37)/t22?,27-,28+,31+,32-/m0/s1. The Bertz CT molecular complexity index is 1780. The molecule has 9 nitrogen and oxygen atoms in total. The van der Waals surface area contributed by atoms with Crippen LogP contribution in [0.5, 0.6) is 5.75 Å². The Morgan fingerprint density at radius 1 is 1.12 bits per heavy atom. The zero-order chi connectivity index (χ0) is 29.0. The maximum atomic E-state index is 11.6. The van der Waals surface area contributed by atoms with Crippen LogP contribution in [-0.2, 0) is 17.7 Å². The number of aromatic nitrogens is 4. The number of hydrogen-bond acceptors (Lipinski definition) is 8. The minimum absolute atomic E-state index is 0.0494. The van der Waals surface area contributed by atoms with E-state index in [0.717, 1.165) is 55.6 Å². The first-order chi connectivity index (χ1) is 20.3. The first kappa shape index (κ1) is 27.3. The molecule has 1 aliphatic heterocycles. The summed E-state index contributed by atoms with van der Waals surface area (Å²) in [5.74, 6) is 1.65. The molecule has 4 heterocycles. The number of aliphatic hydroxyl groups excluding tert-OH is 1. The summed E-state index contributed by atoms with van der Waals surface area (Å²) >= 11 is 3.66. The molecule has 0 radical (unpaired) electrons. The highest BCUT2D eigenvalue weighted by Crippen LogP contribution is 2.50. The number of rotatable bonds is 7. The molecule has 2 fully saturated rings. The summed E-state index contributed by atoms with van der Waals surface area (Å²) in [6.07, 6.45) is 3.05. The van der Waals surface area contributed by atoms with E-state index < -0.39 is 24.0 Å². The molecule has 10 heteroatoms. The van der Waals surface area contributed by atoms with Crippen molar-refractivity contribution in [1.82, 2.24) is 19.5 Å². The average Bonchev–Trinajstić information content (AvgIpc) is 3.64. The molecular weight excluding hydrogens is 598 g/mol. The molecule has 216 valence electrons. The van der Waals surface area contributed by atoms with Crippen LogP contribution in [0.4, 0.5) is 5.82 Å². The number of benzene rings is 2. The average molecular weight is 631 g/mol. The SMILES string of the molecule is COc1ccc(CNc2nc3cc(CC4CC[C@@]5(O)[C@@H]4O[C@@H](n4ccc6c(C)ncnc64)[C@@H]5O)ccc3cc2Br)cc1. The molecule has 5 atom stereocenters. The lowest BCUT2D eigenvalue weighted by atomic mass is 9.90. The van der Waals surface area contributed by atoms with Crippen molar-refractivity contribution in [3.05, 3.63) is 88.4 Å². The third-order valence-electron chi connectivity index (χ3n) is 8.84. The van der Waals surface area contributed by atoms with Gasteiger partial charge in [-0.2, -0.15) is 0 Å². The predicted molar refractivity (Wildman–Crippen MR) is 163 cm³/mol. The number of methoxy groups -OCH3 is 1. The van der Waals surface area contributed by atoms with Gasteiger partial charge in [0.1, 0.15) is 35.2 Å². The van der Waals surface area contributed by atoms with Gasteiger partial charge in [0.15, 0.2) is 6.23 Å². The first-order valence-electron chi connectivity index (χ1n) is 14.1. The van der Waals surface area contributed by atoms with Crippen LogP contribution in [0.25, 0.3) is 21.9 Å². The minimum Gasteiger partial charge on any atom is -0.497 e.